The summed E-state index contributed by atoms with van der Waals surface area (Å²) in [5.74, 6) is -0.881. The highest BCUT2D eigenvalue weighted by Crippen LogP contribution is 2.18. The van der Waals surface area contributed by atoms with Crippen LogP contribution in [0.5, 0.6) is 0 Å². The number of esters is 3. The average molecular weight is 1080 g/mol. The Balaban J connectivity index is 4.00. The van der Waals surface area contributed by atoms with E-state index in [4.69, 9.17) is 14.2 Å². The summed E-state index contributed by atoms with van der Waals surface area (Å²) in [6.07, 6.45) is 84.3. The molecule has 6 heteroatoms. The largest absolute Gasteiger partial charge is 0.462 e. The van der Waals surface area contributed by atoms with E-state index < -0.39 is 6.10 Å². The van der Waals surface area contributed by atoms with Crippen molar-refractivity contribution in [2.75, 3.05) is 13.2 Å². The van der Waals surface area contributed by atoms with Crippen molar-refractivity contribution >= 4 is 17.9 Å². The number of carbonyl (C=O) groups excluding carboxylic acids is 3. The molecule has 1 unspecified atom stereocenters. The Morgan fingerprint density at radius 3 is 0.805 bits per heavy atom. The number of carbonyl (C=O) groups is 3. The maximum atomic E-state index is 12.8. The first-order chi connectivity index (χ1) is 38.0. The van der Waals surface area contributed by atoms with Crippen LogP contribution >= 0.6 is 0 Å². The van der Waals surface area contributed by atoms with Gasteiger partial charge in [0.25, 0.3) is 0 Å². The van der Waals surface area contributed by atoms with Gasteiger partial charge in [-0.3, -0.25) is 14.4 Å². The fraction of sp³-hybridized carbons (Fsp3) is 0.817. The number of unbranched alkanes of at least 4 members (excludes halogenated alkanes) is 41. The van der Waals surface area contributed by atoms with Gasteiger partial charge >= 0.3 is 17.9 Å². The minimum atomic E-state index is -0.778. The van der Waals surface area contributed by atoms with Crippen molar-refractivity contribution in [3.05, 3.63) is 60.8 Å². The third-order valence-electron chi connectivity index (χ3n) is 15.0. The zero-order chi connectivity index (χ0) is 55.7. The summed E-state index contributed by atoms with van der Waals surface area (Å²) in [5.41, 5.74) is 0. The van der Waals surface area contributed by atoms with Crippen molar-refractivity contribution in [1.82, 2.24) is 0 Å². The molecule has 0 saturated heterocycles. The van der Waals surface area contributed by atoms with Gasteiger partial charge in [0, 0.05) is 19.3 Å². The Morgan fingerprint density at radius 2 is 0.506 bits per heavy atom. The lowest BCUT2D eigenvalue weighted by atomic mass is 10.0. The lowest BCUT2D eigenvalue weighted by molar-refractivity contribution is -0.167. The van der Waals surface area contributed by atoms with E-state index in [1.54, 1.807) is 0 Å². The topological polar surface area (TPSA) is 78.9 Å². The molecule has 0 aliphatic rings. The van der Waals surface area contributed by atoms with E-state index in [0.717, 1.165) is 96.3 Å². The summed E-state index contributed by atoms with van der Waals surface area (Å²) < 4.78 is 16.8. The molecule has 0 spiro atoms. The summed E-state index contributed by atoms with van der Waals surface area (Å²) in [6, 6.07) is 0. The summed E-state index contributed by atoms with van der Waals surface area (Å²) in [7, 11) is 0. The Hall–Kier alpha value is -2.89. The van der Waals surface area contributed by atoms with Crippen LogP contribution in [-0.2, 0) is 28.6 Å². The van der Waals surface area contributed by atoms with Crippen LogP contribution in [0.4, 0.5) is 0 Å². The molecule has 0 saturated carbocycles. The summed E-state index contributed by atoms with van der Waals surface area (Å²) in [4.78, 5) is 38.1. The molecule has 0 rings (SSSR count). The van der Waals surface area contributed by atoms with Gasteiger partial charge < -0.3 is 14.2 Å². The highest BCUT2D eigenvalue weighted by molar-refractivity contribution is 5.71. The van der Waals surface area contributed by atoms with E-state index in [2.05, 4.69) is 81.5 Å². The lowest BCUT2D eigenvalue weighted by Gasteiger charge is -2.18. The predicted octanol–water partition coefficient (Wildman–Crippen LogP) is 23.1. The summed E-state index contributed by atoms with van der Waals surface area (Å²) in [5, 5.41) is 0. The molecule has 0 amide bonds. The van der Waals surface area contributed by atoms with E-state index >= 15 is 0 Å². The van der Waals surface area contributed by atoms with Gasteiger partial charge in [0.1, 0.15) is 13.2 Å². The summed E-state index contributed by atoms with van der Waals surface area (Å²) >= 11 is 0. The maximum Gasteiger partial charge on any atom is 0.306 e. The van der Waals surface area contributed by atoms with Crippen LogP contribution in [0.25, 0.3) is 0 Å². The van der Waals surface area contributed by atoms with Gasteiger partial charge in [-0.25, -0.2) is 0 Å². The molecule has 0 radical (unpaired) electrons. The highest BCUT2D eigenvalue weighted by atomic mass is 16.6. The van der Waals surface area contributed by atoms with Crippen LogP contribution in [0.1, 0.15) is 355 Å². The van der Waals surface area contributed by atoms with Crippen molar-refractivity contribution in [2.45, 2.75) is 361 Å². The van der Waals surface area contributed by atoms with Gasteiger partial charge in [-0.15, -0.1) is 0 Å². The first-order valence-corrected chi connectivity index (χ1v) is 33.8. The number of hydrogen-bond acceptors (Lipinski definition) is 6. The molecule has 448 valence electrons. The summed E-state index contributed by atoms with van der Waals surface area (Å²) in [6.45, 7) is 6.51. The molecule has 6 nitrogen and oxygen atoms in total. The van der Waals surface area contributed by atoms with Crippen molar-refractivity contribution in [3.8, 4) is 0 Å². The Morgan fingerprint density at radius 1 is 0.273 bits per heavy atom. The molecular formula is C71H128O6. The van der Waals surface area contributed by atoms with E-state index in [9.17, 15) is 14.4 Å². The number of hydrogen-bond donors (Lipinski definition) is 0. The molecule has 0 aromatic carbocycles. The third kappa shape index (κ3) is 63.8. The molecule has 1 atom stereocenters. The van der Waals surface area contributed by atoms with Gasteiger partial charge in [-0.2, -0.15) is 0 Å². The fourth-order valence-corrected chi connectivity index (χ4v) is 9.96. The number of rotatable bonds is 62. The van der Waals surface area contributed by atoms with Gasteiger partial charge in [0.05, 0.1) is 0 Å². The molecule has 0 aromatic heterocycles. The minimum Gasteiger partial charge on any atom is -0.462 e. The smallest absolute Gasteiger partial charge is 0.306 e. The first kappa shape index (κ1) is 74.1. The second-order valence-electron chi connectivity index (χ2n) is 22.7. The molecule has 0 aliphatic heterocycles. The van der Waals surface area contributed by atoms with E-state index in [1.165, 1.54) is 218 Å². The van der Waals surface area contributed by atoms with Gasteiger partial charge in [0.15, 0.2) is 6.10 Å². The molecule has 0 aromatic rings. The van der Waals surface area contributed by atoms with Crippen molar-refractivity contribution < 1.29 is 28.6 Å². The van der Waals surface area contributed by atoms with Crippen molar-refractivity contribution in [1.29, 1.82) is 0 Å². The normalized spacial score (nSPS) is 12.4. The van der Waals surface area contributed by atoms with E-state index in [0.29, 0.717) is 19.3 Å². The van der Waals surface area contributed by atoms with Gasteiger partial charge in [-0.1, -0.05) is 313 Å². The standard InChI is InChI=1S/C71H128O6/c1-4-7-10-13-16-18-20-22-24-26-28-29-30-31-32-33-34-35-36-37-38-39-40-41-43-44-46-48-50-52-55-58-61-64-70(73)76-67-68(66-75-69(72)63-60-57-54-15-12-9-6-3)77-71(74)65-62-59-56-53-51-49-47-45-42-27-25-23-21-19-17-14-11-8-5-2/h8,11,17,19,23,25-26,28,42,45,68H,4-7,9-10,12-16,18,20-22,24,27,29-41,43-44,46-67H2,1-3H3/b11-8-,19-17-,25-23-,28-26-,45-42-. The SMILES string of the molecule is CC/C=C\C/C=C\C/C=C\C/C=C\CCCCCCCCC(=O)OC(COC(=O)CCCCCCCCC)COC(=O)CCCCCCCCCCCCCCCCCCCCCCC/C=C\CCCCCCCCCC. The van der Waals surface area contributed by atoms with E-state index in [-0.39, 0.29) is 31.1 Å². The van der Waals surface area contributed by atoms with Gasteiger partial charge in [0.2, 0.25) is 0 Å². The van der Waals surface area contributed by atoms with E-state index in [1.807, 2.05) is 0 Å². The van der Waals surface area contributed by atoms with Crippen LogP contribution in [0.2, 0.25) is 0 Å². The minimum absolute atomic E-state index is 0.0765. The zero-order valence-corrected chi connectivity index (χ0v) is 51.5. The molecular weight excluding hydrogens is 949 g/mol. The van der Waals surface area contributed by atoms with Crippen molar-refractivity contribution in [3.63, 3.8) is 0 Å². The number of ether oxygens (including phenoxy) is 3. The quantitative estimate of drug-likeness (QED) is 0.0261. The monoisotopic (exact) mass is 1080 g/mol. The van der Waals surface area contributed by atoms with Crippen LogP contribution in [0.3, 0.4) is 0 Å². The molecule has 0 bridgehead atoms. The molecule has 0 N–H and O–H groups in total. The Kier molecular flexibility index (Phi) is 63.2. The molecule has 77 heavy (non-hydrogen) atoms. The van der Waals surface area contributed by atoms with Crippen LogP contribution in [0.15, 0.2) is 60.8 Å². The van der Waals surface area contributed by atoms with Crippen LogP contribution < -0.4 is 0 Å². The second kappa shape index (κ2) is 65.6. The number of allylic oxidation sites excluding steroid dienone is 10. The van der Waals surface area contributed by atoms with Crippen LogP contribution in [-0.4, -0.2) is 37.2 Å². The van der Waals surface area contributed by atoms with Crippen LogP contribution in [0, 0.1) is 0 Å². The lowest BCUT2D eigenvalue weighted by Crippen LogP contribution is -2.30. The zero-order valence-electron chi connectivity index (χ0n) is 51.5. The second-order valence-corrected chi connectivity index (χ2v) is 22.7. The molecule has 0 aliphatic carbocycles. The average Bonchev–Trinajstić information content (AvgIpc) is 3.43. The third-order valence-corrected chi connectivity index (χ3v) is 15.0. The molecule has 0 fully saturated rings. The van der Waals surface area contributed by atoms with Gasteiger partial charge in [-0.05, 0) is 83.5 Å². The Bertz CT molecular complexity index is 1380. The molecule has 0 heterocycles. The Labute approximate surface area is 479 Å². The maximum absolute atomic E-state index is 12.8. The first-order valence-electron chi connectivity index (χ1n) is 33.8. The van der Waals surface area contributed by atoms with Crippen molar-refractivity contribution in [2.24, 2.45) is 0 Å². The fourth-order valence-electron chi connectivity index (χ4n) is 9.96. The predicted molar refractivity (Wildman–Crippen MR) is 335 cm³/mol. The highest BCUT2D eigenvalue weighted by Gasteiger charge is 2.19.